The number of benzene rings is 1. The van der Waals surface area contributed by atoms with Gasteiger partial charge >= 0.3 is 0 Å². The lowest BCUT2D eigenvalue weighted by atomic mass is 10.2. The molecule has 0 aliphatic rings. The number of carbonyl (C=O) groups excluding carboxylic acids is 1. The lowest BCUT2D eigenvalue weighted by Gasteiger charge is -2.09. The highest BCUT2D eigenvalue weighted by Gasteiger charge is 2.05. The van der Waals surface area contributed by atoms with E-state index in [0.717, 1.165) is 10.4 Å². The molecule has 20 heavy (non-hydrogen) atoms. The van der Waals surface area contributed by atoms with E-state index in [0.29, 0.717) is 11.4 Å². The Morgan fingerprint density at radius 2 is 2.05 bits per heavy atom. The van der Waals surface area contributed by atoms with Gasteiger partial charge in [0.05, 0.1) is 12.8 Å². The second-order valence-corrected chi connectivity index (χ2v) is 5.79. The summed E-state index contributed by atoms with van der Waals surface area (Å²) in [5.41, 5.74) is 1.75. The van der Waals surface area contributed by atoms with Crippen molar-refractivity contribution in [2.45, 2.75) is 13.8 Å². The van der Waals surface area contributed by atoms with Gasteiger partial charge in [0, 0.05) is 15.8 Å². The van der Waals surface area contributed by atoms with Crippen LogP contribution in [-0.2, 0) is 4.79 Å². The Kier molecular flexibility index (Phi) is 4.58. The highest BCUT2D eigenvalue weighted by Crippen LogP contribution is 2.25. The molecule has 0 aliphatic carbocycles. The number of methoxy groups -OCH3 is 1. The highest BCUT2D eigenvalue weighted by molar-refractivity contribution is 7.12. The molecule has 0 saturated carbocycles. The van der Waals surface area contributed by atoms with Gasteiger partial charge in [-0.3, -0.25) is 4.79 Å². The molecule has 0 fully saturated rings. The summed E-state index contributed by atoms with van der Waals surface area (Å²) in [6, 6.07) is 9.71. The van der Waals surface area contributed by atoms with E-state index in [1.807, 2.05) is 50.3 Å². The summed E-state index contributed by atoms with van der Waals surface area (Å²) in [7, 11) is 1.59. The van der Waals surface area contributed by atoms with E-state index in [2.05, 4.69) is 5.32 Å². The van der Waals surface area contributed by atoms with Gasteiger partial charge in [-0.1, -0.05) is 6.07 Å². The molecule has 2 rings (SSSR count). The van der Waals surface area contributed by atoms with Crippen LogP contribution in [0, 0.1) is 13.8 Å². The molecule has 1 N–H and O–H groups in total. The van der Waals surface area contributed by atoms with Gasteiger partial charge in [0.1, 0.15) is 5.75 Å². The minimum absolute atomic E-state index is 0.167. The number of hydrogen-bond acceptors (Lipinski definition) is 3. The molecule has 1 aromatic heterocycles. The summed E-state index contributed by atoms with van der Waals surface area (Å²) in [5, 5.41) is 2.83. The first-order valence-electron chi connectivity index (χ1n) is 6.28. The topological polar surface area (TPSA) is 38.3 Å². The maximum absolute atomic E-state index is 11.9. The van der Waals surface area contributed by atoms with Crippen molar-refractivity contribution in [2.75, 3.05) is 12.4 Å². The van der Waals surface area contributed by atoms with Crippen LogP contribution in [0.3, 0.4) is 0 Å². The van der Waals surface area contributed by atoms with Crippen molar-refractivity contribution >= 4 is 29.0 Å². The van der Waals surface area contributed by atoms with Gasteiger partial charge in [-0.25, -0.2) is 0 Å². The molecule has 0 radical (unpaired) electrons. The quantitative estimate of drug-likeness (QED) is 0.862. The number of nitrogens with one attached hydrogen (secondary N) is 1. The van der Waals surface area contributed by atoms with Gasteiger partial charge in [-0.2, -0.15) is 0 Å². The minimum atomic E-state index is -0.167. The molecule has 1 amide bonds. The fourth-order valence-electron chi connectivity index (χ4n) is 1.79. The number of thiophene rings is 1. The summed E-state index contributed by atoms with van der Waals surface area (Å²) >= 11 is 1.65. The maximum Gasteiger partial charge on any atom is 0.248 e. The van der Waals surface area contributed by atoms with Crippen LogP contribution in [0.4, 0.5) is 5.69 Å². The van der Waals surface area contributed by atoms with Crippen molar-refractivity contribution in [1.82, 2.24) is 0 Å². The van der Waals surface area contributed by atoms with E-state index < -0.39 is 0 Å². The zero-order valence-electron chi connectivity index (χ0n) is 11.8. The van der Waals surface area contributed by atoms with Crippen LogP contribution in [-0.4, -0.2) is 13.0 Å². The lowest BCUT2D eigenvalue weighted by Crippen LogP contribution is -2.09. The van der Waals surface area contributed by atoms with Crippen molar-refractivity contribution in [2.24, 2.45) is 0 Å². The minimum Gasteiger partial charge on any atom is -0.495 e. The Hall–Kier alpha value is -2.07. The predicted molar refractivity (Wildman–Crippen MR) is 84.5 cm³/mol. The first-order chi connectivity index (χ1) is 9.58. The third kappa shape index (κ3) is 3.71. The van der Waals surface area contributed by atoms with E-state index in [9.17, 15) is 4.79 Å². The predicted octanol–water partition coefficient (Wildman–Crippen LogP) is 4.03. The zero-order valence-corrected chi connectivity index (χ0v) is 12.6. The number of anilines is 1. The van der Waals surface area contributed by atoms with Crippen LogP contribution in [0.5, 0.6) is 5.75 Å². The Labute approximate surface area is 122 Å². The summed E-state index contributed by atoms with van der Waals surface area (Å²) < 4.78 is 5.23. The van der Waals surface area contributed by atoms with E-state index in [1.54, 1.807) is 18.4 Å². The van der Waals surface area contributed by atoms with Gasteiger partial charge < -0.3 is 10.1 Å². The van der Waals surface area contributed by atoms with E-state index in [4.69, 9.17) is 4.74 Å². The van der Waals surface area contributed by atoms with Crippen molar-refractivity contribution in [3.63, 3.8) is 0 Å². The molecule has 1 heterocycles. The van der Waals surface area contributed by atoms with Crippen LogP contribution >= 0.6 is 11.3 Å². The van der Waals surface area contributed by atoms with Gasteiger partial charge in [0.25, 0.3) is 0 Å². The number of rotatable bonds is 4. The molecule has 0 unspecified atom stereocenters. The Morgan fingerprint density at radius 3 is 2.70 bits per heavy atom. The smallest absolute Gasteiger partial charge is 0.248 e. The van der Waals surface area contributed by atoms with Crippen molar-refractivity contribution < 1.29 is 9.53 Å². The Balaban J connectivity index is 2.08. The van der Waals surface area contributed by atoms with E-state index in [-0.39, 0.29) is 5.91 Å². The lowest BCUT2D eigenvalue weighted by molar-refractivity contribution is -0.111. The number of hydrogen-bond donors (Lipinski definition) is 1. The second-order valence-electron chi connectivity index (χ2n) is 4.47. The average Bonchev–Trinajstić information content (AvgIpc) is 2.83. The number of carbonyl (C=O) groups is 1. The largest absolute Gasteiger partial charge is 0.495 e. The molecule has 4 heteroatoms. The molecule has 3 nitrogen and oxygen atoms in total. The van der Waals surface area contributed by atoms with Crippen LogP contribution in [0.25, 0.3) is 6.08 Å². The molecule has 0 spiro atoms. The number of ether oxygens (including phenoxy) is 1. The van der Waals surface area contributed by atoms with E-state index in [1.165, 1.54) is 11.0 Å². The molecule has 0 saturated heterocycles. The van der Waals surface area contributed by atoms with Gasteiger partial charge in [0.15, 0.2) is 0 Å². The number of amides is 1. The molecule has 0 aliphatic heterocycles. The third-order valence-corrected chi connectivity index (χ3v) is 3.74. The molecule has 2 aromatic rings. The first-order valence-corrected chi connectivity index (χ1v) is 7.10. The first kappa shape index (κ1) is 14.3. The summed E-state index contributed by atoms with van der Waals surface area (Å²) in [6.07, 6.45) is 3.35. The van der Waals surface area contributed by atoms with Gasteiger partial charge in [0.2, 0.25) is 5.91 Å². The standard InChI is InChI=1S/C16H17NO2S/c1-11-4-8-15(19-3)14(10-11)17-16(18)9-7-13-6-5-12(2)20-13/h4-10H,1-3H3,(H,17,18)/b9-7+. The average molecular weight is 287 g/mol. The molecule has 0 bridgehead atoms. The Morgan fingerprint density at radius 1 is 1.25 bits per heavy atom. The highest BCUT2D eigenvalue weighted by atomic mass is 32.1. The maximum atomic E-state index is 11.9. The monoisotopic (exact) mass is 287 g/mol. The molecule has 104 valence electrons. The fraction of sp³-hybridized carbons (Fsp3) is 0.188. The normalized spacial score (nSPS) is 10.8. The third-order valence-electron chi connectivity index (χ3n) is 2.77. The van der Waals surface area contributed by atoms with Crippen LogP contribution in [0.2, 0.25) is 0 Å². The summed E-state index contributed by atoms with van der Waals surface area (Å²) in [6.45, 7) is 4.01. The second kappa shape index (κ2) is 6.39. The van der Waals surface area contributed by atoms with Gasteiger partial charge in [-0.15, -0.1) is 11.3 Å². The van der Waals surface area contributed by atoms with E-state index >= 15 is 0 Å². The zero-order chi connectivity index (χ0) is 14.5. The molecular weight excluding hydrogens is 270 g/mol. The van der Waals surface area contributed by atoms with Gasteiger partial charge in [-0.05, 0) is 49.8 Å². The molecule has 0 atom stereocenters. The van der Waals surface area contributed by atoms with Crippen LogP contribution < -0.4 is 10.1 Å². The van der Waals surface area contributed by atoms with Crippen LogP contribution in [0.1, 0.15) is 15.3 Å². The van der Waals surface area contributed by atoms with Crippen LogP contribution in [0.15, 0.2) is 36.4 Å². The SMILES string of the molecule is COc1ccc(C)cc1NC(=O)/C=C/c1ccc(C)s1. The van der Waals surface area contributed by atoms with Crippen molar-refractivity contribution in [3.8, 4) is 5.75 Å². The molecule has 1 aromatic carbocycles. The van der Waals surface area contributed by atoms with Crippen molar-refractivity contribution in [3.05, 3.63) is 51.7 Å². The van der Waals surface area contributed by atoms with Crippen molar-refractivity contribution in [1.29, 1.82) is 0 Å². The summed E-state index contributed by atoms with van der Waals surface area (Å²) in [5.74, 6) is 0.490. The Bertz CT molecular complexity index is 644. The molecular formula is C16H17NO2S. The number of aryl methyl sites for hydroxylation is 2. The fourth-order valence-corrected chi connectivity index (χ4v) is 2.57. The summed E-state index contributed by atoms with van der Waals surface area (Å²) in [4.78, 5) is 14.2.